The molecule has 0 spiro atoms. The van der Waals surface area contributed by atoms with E-state index in [1.165, 1.54) is 13.0 Å². The number of rotatable bonds is 5. The number of carbonyl (C=O) groups is 2. The van der Waals surface area contributed by atoms with Crippen LogP contribution in [-0.4, -0.2) is 26.8 Å². The number of nitrogens with one attached hydrogen (secondary N) is 2. The van der Waals surface area contributed by atoms with E-state index in [-0.39, 0.29) is 16.7 Å². The van der Waals surface area contributed by atoms with E-state index in [0.29, 0.717) is 29.9 Å². The van der Waals surface area contributed by atoms with Crippen molar-refractivity contribution in [3.63, 3.8) is 0 Å². The topological polar surface area (TPSA) is 95.6 Å². The number of nitrogens with zero attached hydrogens (tertiary/aromatic N) is 1. The number of sulfonamides is 1. The quantitative estimate of drug-likeness (QED) is 0.616. The minimum atomic E-state index is -3.84. The van der Waals surface area contributed by atoms with Crippen LogP contribution in [0.15, 0.2) is 71.6 Å². The van der Waals surface area contributed by atoms with E-state index in [0.717, 1.165) is 16.8 Å². The predicted octanol–water partition coefficient (Wildman–Crippen LogP) is 3.96. The van der Waals surface area contributed by atoms with E-state index in [2.05, 4.69) is 10.0 Å². The van der Waals surface area contributed by atoms with Gasteiger partial charge in [0.25, 0.3) is 15.9 Å². The second-order valence-electron chi connectivity index (χ2n) is 7.73. The van der Waals surface area contributed by atoms with Gasteiger partial charge in [-0.2, -0.15) is 0 Å². The third-order valence-electron chi connectivity index (χ3n) is 5.24. The Labute approximate surface area is 187 Å². The number of benzene rings is 3. The highest BCUT2D eigenvalue weighted by molar-refractivity contribution is 7.92. The third kappa shape index (κ3) is 4.50. The maximum Gasteiger partial charge on any atom is 0.261 e. The van der Waals surface area contributed by atoms with Crippen molar-refractivity contribution in [2.75, 3.05) is 21.5 Å². The third-order valence-corrected chi connectivity index (χ3v) is 6.61. The highest BCUT2D eigenvalue weighted by Gasteiger charge is 2.27. The van der Waals surface area contributed by atoms with Crippen LogP contribution in [-0.2, 0) is 21.2 Å². The molecule has 2 N–H and O–H groups in total. The highest BCUT2D eigenvalue weighted by atomic mass is 32.2. The van der Waals surface area contributed by atoms with E-state index < -0.39 is 10.0 Å². The van der Waals surface area contributed by atoms with Crippen molar-refractivity contribution < 1.29 is 18.0 Å². The Hall–Kier alpha value is -3.65. The van der Waals surface area contributed by atoms with Crippen LogP contribution < -0.4 is 14.9 Å². The first-order chi connectivity index (χ1) is 15.2. The summed E-state index contributed by atoms with van der Waals surface area (Å²) >= 11 is 0. The number of hydrogen-bond acceptors (Lipinski definition) is 4. The van der Waals surface area contributed by atoms with E-state index in [4.69, 9.17) is 0 Å². The summed E-state index contributed by atoms with van der Waals surface area (Å²) in [6.45, 7) is 3.84. The van der Waals surface area contributed by atoms with Gasteiger partial charge in [0.1, 0.15) is 0 Å². The Morgan fingerprint density at radius 2 is 1.66 bits per heavy atom. The molecule has 0 unspecified atom stereocenters. The average molecular weight is 450 g/mol. The highest BCUT2D eigenvalue weighted by Crippen LogP contribution is 2.32. The first kappa shape index (κ1) is 21.6. The molecule has 0 bridgehead atoms. The Kier molecular flexibility index (Phi) is 5.71. The molecule has 0 atom stereocenters. The fraction of sp³-hybridized carbons (Fsp3) is 0.167. The summed E-state index contributed by atoms with van der Waals surface area (Å²) in [7, 11) is -3.84. The van der Waals surface area contributed by atoms with Crippen molar-refractivity contribution in [3.05, 3.63) is 83.4 Å². The number of anilines is 3. The molecular weight excluding hydrogens is 426 g/mol. The lowest BCUT2D eigenvalue weighted by Crippen LogP contribution is -2.28. The van der Waals surface area contributed by atoms with Crippen molar-refractivity contribution in [2.24, 2.45) is 0 Å². The van der Waals surface area contributed by atoms with Crippen molar-refractivity contribution in [2.45, 2.75) is 25.2 Å². The fourth-order valence-electron chi connectivity index (χ4n) is 3.69. The first-order valence-electron chi connectivity index (χ1n) is 10.1. The second-order valence-corrected chi connectivity index (χ2v) is 9.41. The second kappa shape index (κ2) is 8.47. The molecule has 0 saturated carbocycles. The molecule has 7 nitrogen and oxygen atoms in total. The summed E-state index contributed by atoms with van der Waals surface area (Å²) in [6, 6.07) is 18.7. The number of carbonyl (C=O) groups excluding carboxylic acids is 2. The van der Waals surface area contributed by atoms with Gasteiger partial charge >= 0.3 is 0 Å². The van der Waals surface area contributed by atoms with Crippen LogP contribution in [0.5, 0.6) is 0 Å². The Morgan fingerprint density at radius 3 is 2.38 bits per heavy atom. The summed E-state index contributed by atoms with van der Waals surface area (Å²) in [5.41, 5.74) is 4.04. The fourth-order valence-corrected chi connectivity index (χ4v) is 4.79. The SMILES string of the molecule is CC(=O)Nc1cccc(NS(=O)(=O)c2ccc3c(c2)CCN3C(=O)c2ccc(C)cc2)c1. The molecule has 2 amide bonds. The number of amides is 2. The van der Waals surface area contributed by atoms with Gasteiger partial charge in [0, 0.05) is 30.4 Å². The van der Waals surface area contributed by atoms with E-state index in [1.807, 2.05) is 19.1 Å². The molecule has 0 radical (unpaired) electrons. The molecule has 3 aromatic carbocycles. The van der Waals surface area contributed by atoms with Gasteiger partial charge in [-0.1, -0.05) is 23.8 Å². The van der Waals surface area contributed by atoms with Crippen LogP contribution in [0, 0.1) is 6.92 Å². The minimum absolute atomic E-state index is 0.104. The summed E-state index contributed by atoms with van der Waals surface area (Å²) in [5.74, 6) is -0.347. The Morgan fingerprint density at radius 1 is 0.938 bits per heavy atom. The largest absolute Gasteiger partial charge is 0.326 e. The maximum atomic E-state index is 12.9. The molecule has 0 fully saturated rings. The molecule has 4 rings (SSSR count). The van der Waals surface area contributed by atoms with Crippen LogP contribution in [0.3, 0.4) is 0 Å². The van der Waals surface area contributed by atoms with Gasteiger partial charge in [-0.25, -0.2) is 8.42 Å². The zero-order valence-electron chi connectivity index (χ0n) is 17.8. The molecule has 3 aromatic rings. The van der Waals surface area contributed by atoms with Gasteiger partial charge in [-0.15, -0.1) is 0 Å². The molecular formula is C24H23N3O4S. The monoisotopic (exact) mass is 449 g/mol. The van der Waals surface area contributed by atoms with Crippen molar-refractivity contribution in [1.82, 2.24) is 0 Å². The molecule has 32 heavy (non-hydrogen) atoms. The van der Waals surface area contributed by atoms with Gasteiger partial charge in [0.05, 0.1) is 10.6 Å². The number of hydrogen-bond donors (Lipinski definition) is 2. The standard InChI is InChI=1S/C24H23N3O4S/c1-16-6-8-18(9-7-16)24(29)27-13-12-19-14-22(10-11-23(19)27)32(30,31)26-21-5-3-4-20(15-21)25-17(2)28/h3-11,14-15,26H,12-13H2,1-2H3,(H,25,28). The zero-order chi connectivity index (χ0) is 22.9. The van der Waals surface area contributed by atoms with E-state index in [1.54, 1.807) is 53.4 Å². The molecule has 1 aliphatic rings. The summed E-state index contributed by atoms with van der Waals surface area (Å²) < 4.78 is 28.4. The number of aryl methyl sites for hydroxylation is 1. The first-order valence-corrected chi connectivity index (χ1v) is 11.6. The molecule has 0 saturated heterocycles. The Balaban J connectivity index is 1.56. The maximum absolute atomic E-state index is 12.9. The van der Waals surface area contributed by atoms with E-state index in [9.17, 15) is 18.0 Å². The molecule has 8 heteroatoms. The lowest BCUT2D eigenvalue weighted by Gasteiger charge is -2.18. The van der Waals surface area contributed by atoms with Crippen LogP contribution in [0.1, 0.15) is 28.4 Å². The van der Waals surface area contributed by atoms with Crippen LogP contribution >= 0.6 is 0 Å². The summed E-state index contributed by atoms with van der Waals surface area (Å²) in [5, 5.41) is 2.63. The van der Waals surface area contributed by atoms with Crippen LogP contribution in [0.25, 0.3) is 0 Å². The average Bonchev–Trinajstić information content (AvgIpc) is 3.16. The normalized spacial score (nSPS) is 12.9. The molecule has 164 valence electrons. The minimum Gasteiger partial charge on any atom is -0.326 e. The van der Waals surface area contributed by atoms with Gasteiger partial charge in [-0.3, -0.25) is 14.3 Å². The summed E-state index contributed by atoms with van der Waals surface area (Å²) in [4.78, 5) is 26.0. The van der Waals surface area contributed by atoms with Gasteiger partial charge < -0.3 is 10.2 Å². The molecule has 1 aliphatic heterocycles. The zero-order valence-corrected chi connectivity index (χ0v) is 18.6. The van der Waals surface area contributed by atoms with Crippen molar-refractivity contribution in [1.29, 1.82) is 0 Å². The number of fused-ring (bicyclic) bond motifs is 1. The molecule has 0 aromatic heterocycles. The molecule has 0 aliphatic carbocycles. The van der Waals surface area contributed by atoms with Crippen LogP contribution in [0.2, 0.25) is 0 Å². The van der Waals surface area contributed by atoms with Gasteiger partial charge in [-0.05, 0) is 67.4 Å². The Bertz CT molecular complexity index is 1300. The van der Waals surface area contributed by atoms with Crippen molar-refractivity contribution >= 4 is 38.9 Å². The van der Waals surface area contributed by atoms with E-state index >= 15 is 0 Å². The smallest absolute Gasteiger partial charge is 0.261 e. The summed E-state index contributed by atoms with van der Waals surface area (Å²) in [6.07, 6.45) is 0.578. The van der Waals surface area contributed by atoms with Crippen molar-refractivity contribution in [3.8, 4) is 0 Å². The predicted molar refractivity (Wildman–Crippen MR) is 125 cm³/mol. The van der Waals surface area contributed by atoms with Gasteiger partial charge in [0.15, 0.2) is 0 Å². The van der Waals surface area contributed by atoms with Gasteiger partial charge in [0.2, 0.25) is 5.91 Å². The lowest BCUT2D eigenvalue weighted by atomic mass is 10.1. The lowest BCUT2D eigenvalue weighted by molar-refractivity contribution is -0.114. The van der Waals surface area contributed by atoms with Crippen LogP contribution in [0.4, 0.5) is 17.1 Å². The molecule has 1 heterocycles.